The Balaban J connectivity index is 2.08. The van der Waals surface area contributed by atoms with E-state index in [2.05, 4.69) is 30.3 Å². The minimum Gasteiger partial charge on any atom is -0.373 e. The second-order valence-electron chi connectivity index (χ2n) is 3.33. The van der Waals surface area contributed by atoms with E-state index in [-0.39, 0.29) is 17.5 Å². The van der Waals surface area contributed by atoms with Crippen LogP contribution in [0.5, 0.6) is 0 Å². The second-order valence-corrected chi connectivity index (χ2v) is 3.74. The van der Waals surface area contributed by atoms with E-state index in [1.807, 2.05) is 0 Å². The van der Waals surface area contributed by atoms with Gasteiger partial charge in [0, 0.05) is 13.2 Å². The van der Waals surface area contributed by atoms with Gasteiger partial charge in [-0.1, -0.05) is 16.8 Å². The van der Waals surface area contributed by atoms with E-state index in [4.69, 9.17) is 11.6 Å². The quantitative estimate of drug-likeness (QED) is 0.861. The highest BCUT2D eigenvalue weighted by Crippen LogP contribution is 2.17. The fourth-order valence-corrected chi connectivity index (χ4v) is 1.46. The molecule has 0 aromatic carbocycles. The van der Waals surface area contributed by atoms with Crippen molar-refractivity contribution in [3.63, 3.8) is 0 Å². The highest BCUT2D eigenvalue weighted by molar-refractivity contribution is 6.33. The van der Waals surface area contributed by atoms with Crippen LogP contribution in [0.3, 0.4) is 0 Å². The number of carbonyl (C=O) groups is 1. The first kappa shape index (κ1) is 12.3. The molecule has 18 heavy (non-hydrogen) atoms. The third-order valence-corrected chi connectivity index (χ3v) is 2.47. The molecule has 2 rings (SSSR count). The number of rotatable bonds is 4. The second kappa shape index (κ2) is 5.46. The van der Waals surface area contributed by atoms with Gasteiger partial charge in [0.1, 0.15) is 5.82 Å². The van der Waals surface area contributed by atoms with E-state index in [1.165, 1.54) is 12.6 Å². The number of carbonyl (C=O) groups excluding carboxylic acids is 1. The number of hydrogen-bond acceptors (Lipinski definition) is 6. The van der Waals surface area contributed by atoms with Crippen LogP contribution in [0.4, 0.5) is 5.82 Å². The fraction of sp³-hybridized carbons (Fsp3) is 0.200. The number of nitrogens with zero attached hydrogens (tertiary/aromatic N) is 3. The monoisotopic (exact) mass is 267 g/mol. The van der Waals surface area contributed by atoms with E-state index >= 15 is 0 Å². The first-order chi connectivity index (χ1) is 8.70. The minimum atomic E-state index is -0.330. The Bertz CT molecular complexity index is 543. The van der Waals surface area contributed by atoms with Crippen LogP contribution in [0.2, 0.25) is 5.02 Å². The lowest BCUT2D eigenvalue weighted by molar-refractivity contribution is 0.0949. The third-order valence-electron chi connectivity index (χ3n) is 2.17. The summed E-state index contributed by atoms with van der Waals surface area (Å²) < 4.78 is 4.55. The van der Waals surface area contributed by atoms with Crippen molar-refractivity contribution in [1.29, 1.82) is 0 Å². The molecule has 8 heteroatoms. The predicted molar refractivity (Wildman–Crippen MR) is 64.3 cm³/mol. The summed E-state index contributed by atoms with van der Waals surface area (Å²) >= 11 is 5.91. The van der Waals surface area contributed by atoms with Gasteiger partial charge in [-0.25, -0.2) is 4.98 Å². The van der Waals surface area contributed by atoms with Gasteiger partial charge in [0.25, 0.3) is 5.91 Å². The van der Waals surface area contributed by atoms with Gasteiger partial charge in [0.2, 0.25) is 6.39 Å². The van der Waals surface area contributed by atoms with E-state index in [0.29, 0.717) is 17.2 Å². The zero-order valence-corrected chi connectivity index (χ0v) is 10.2. The maximum absolute atomic E-state index is 11.9. The van der Waals surface area contributed by atoms with Crippen molar-refractivity contribution in [2.45, 2.75) is 6.54 Å². The van der Waals surface area contributed by atoms with Gasteiger partial charge in [0.05, 0.1) is 17.1 Å². The molecule has 0 saturated carbocycles. The minimum absolute atomic E-state index is 0.170. The Labute approximate surface area is 108 Å². The lowest BCUT2D eigenvalue weighted by Gasteiger charge is -2.06. The van der Waals surface area contributed by atoms with Crippen molar-refractivity contribution < 1.29 is 9.32 Å². The molecule has 0 fully saturated rings. The number of hydrogen-bond donors (Lipinski definition) is 2. The zero-order valence-electron chi connectivity index (χ0n) is 9.48. The molecule has 2 aromatic heterocycles. The number of anilines is 1. The highest BCUT2D eigenvalue weighted by atomic mass is 35.5. The van der Waals surface area contributed by atoms with Crippen LogP contribution >= 0.6 is 11.6 Å². The molecule has 1 amide bonds. The maximum Gasteiger partial charge on any atom is 0.253 e. The van der Waals surface area contributed by atoms with Gasteiger partial charge in [-0.15, -0.1) is 0 Å². The van der Waals surface area contributed by atoms with Crippen LogP contribution in [0.25, 0.3) is 0 Å². The van der Waals surface area contributed by atoms with Crippen molar-refractivity contribution in [1.82, 2.24) is 20.4 Å². The Morgan fingerprint density at radius 2 is 2.33 bits per heavy atom. The van der Waals surface area contributed by atoms with E-state index in [0.717, 1.165) is 0 Å². The molecule has 0 saturated heterocycles. The molecular weight excluding hydrogens is 258 g/mol. The number of amides is 1. The number of halogens is 1. The van der Waals surface area contributed by atoms with Crippen molar-refractivity contribution in [3.05, 3.63) is 35.1 Å². The first-order valence-corrected chi connectivity index (χ1v) is 5.45. The van der Waals surface area contributed by atoms with Gasteiger partial charge < -0.3 is 15.2 Å². The molecule has 0 bridgehead atoms. The summed E-state index contributed by atoms with van der Waals surface area (Å²) in [5.74, 6) is 0.621. The molecule has 0 unspecified atom stereocenters. The highest BCUT2D eigenvalue weighted by Gasteiger charge is 2.12. The summed E-state index contributed by atoms with van der Waals surface area (Å²) in [6, 6.07) is 1.56. The molecule has 0 spiro atoms. The summed E-state index contributed by atoms with van der Waals surface area (Å²) in [6.45, 7) is 0.170. The smallest absolute Gasteiger partial charge is 0.253 e. The van der Waals surface area contributed by atoms with Crippen molar-refractivity contribution in [2.75, 3.05) is 12.4 Å². The normalized spacial score (nSPS) is 10.1. The molecule has 2 heterocycles. The van der Waals surface area contributed by atoms with E-state index in [1.54, 1.807) is 13.1 Å². The lowest BCUT2D eigenvalue weighted by atomic mass is 10.2. The van der Waals surface area contributed by atoms with Gasteiger partial charge in [-0.3, -0.25) is 4.79 Å². The Kier molecular flexibility index (Phi) is 3.73. The molecule has 2 N–H and O–H groups in total. The van der Waals surface area contributed by atoms with Gasteiger partial charge in [0.15, 0.2) is 5.82 Å². The first-order valence-electron chi connectivity index (χ1n) is 5.07. The predicted octanol–water partition coefficient (Wildman–Crippen LogP) is 1.09. The van der Waals surface area contributed by atoms with E-state index < -0.39 is 0 Å². The van der Waals surface area contributed by atoms with Crippen LogP contribution in [-0.2, 0) is 6.54 Å². The summed E-state index contributed by atoms with van der Waals surface area (Å²) in [4.78, 5) is 19.7. The number of aromatic nitrogens is 3. The SMILES string of the molecule is CNc1cc(C(=O)NCc2ncon2)c(Cl)cn1. The van der Waals surface area contributed by atoms with Crippen molar-refractivity contribution in [2.24, 2.45) is 0 Å². The summed E-state index contributed by atoms with van der Waals surface area (Å²) in [5, 5.41) is 9.32. The topological polar surface area (TPSA) is 92.9 Å². The Morgan fingerprint density at radius 3 is 3.00 bits per heavy atom. The maximum atomic E-state index is 11.9. The van der Waals surface area contributed by atoms with Crippen LogP contribution in [0, 0.1) is 0 Å². The van der Waals surface area contributed by atoms with Crippen LogP contribution in [0.1, 0.15) is 16.2 Å². The number of pyridine rings is 1. The Morgan fingerprint density at radius 1 is 1.50 bits per heavy atom. The van der Waals surface area contributed by atoms with Crippen LogP contribution in [-0.4, -0.2) is 28.1 Å². The fourth-order valence-electron chi connectivity index (χ4n) is 1.27. The van der Waals surface area contributed by atoms with Crippen LogP contribution < -0.4 is 10.6 Å². The molecule has 0 aliphatic carbocycles. The third kappa shape index (κ3) is 2.75. The van der Waals surface area contributed by atoms with Crippen molar-refractivity contribution in [3.8, 4) is 0 Å². The molecule has 0 aliphatic rings. The molecule has 0 radical (unpaired) electrons. The molecule has 0 atom stereocenters. The molecule has 94 valence electrons. The van der Waals surface area contributed by atoms with Gasteiger partial charge >= 0.3 is 0 Å². The number of nitrogens with one attached hydrogen (secondary N) is 2. The molecule has 0 aliphatic heterocycles. The average molecular weight is 268 g/mol. The largest absolute Gasteiger partial charge is 0.373 e. The van der Waals surface area contributed by atoms with Gasteiger partial charge in [-0.05, 0) is 6.07 Å². The summed E-state index contributed by atoms with van der Waals surface area (Å²) in [6.07, 6.45) is 2.61. The molecular formula is C10H10ClN5O2. The summed E-state index contributed by atoms with van der Waals surface area (Å²) in [5.41, 5.74) is 0.333. The Hall–Kier alpha value is -2.15. The average Bonchev–Trinajstić information content (AvgIpc) is 2.89. The van der Waals surface area contributed by atoms with E-state index in [9.17, 15) is 4.79 Å². The molecule has 7 nitrogen and oxygen atoms in total. The lowest BCUT2D eigenvalue weighted by Crippen LogP contribution is -2.24. The molecule has 2 aromatic rings. The van der Waals surface area contributed by atoms with Crippen LogP contribution in [0.15, 0.2) is 23.2 Å². The van der Waals surface area contributed by atoms with Gasteiger partial charge in [-0.2, -0.15) is 4.98 Å². The van der Waals surface area contributed by atoms with Crippen molar-refractivity contribution >= 4 is 23.3 Å². The zero-order chi connectivity index (χ0) is 13.0. The standard InChI is InChI=1S/C10H10ClN5O2/c1-12-8-2-6(7(11)3-13-8)10(17)14-4-9-15-5-18-16-9/h2-3,5H,4H2,1H3,(H,12,13)(H,14,17). The summed E-state index contributed by atoms with van der Waals surface area (Å²) in [7, 11) is 1.71.